The summed E-state index contributed by atoms with van der Waals surface area (Å²) in [6.45, 7) is 6.36. The van der Waals surface area contributed by atoms with Crippen LogP contribution in [0, 0.1) is 0 Å². The molecule has 0 unspecified atom stereocenters. The van der Waals surface area contributed by atoms with E-state index in [-0.39, 0.29) is 12.2 Å². The Balaban J connectivity index is 2.46. The summed E-state index contributed by atoms with van der Waals surface area (Å²) in [4.78, 5) is 24.1. The highest BCUT2D eigenvalue weighted by Crippen LogP contribution is 2.40. The number of anilines is 1. The molecule has 0 aliphatic carbocycles. The summed E-state index contributed by atoms with van der Waals surface area (Å²) in [5.41, 5.74) is 6.09. The maximum Gasteiger partial charge on any atom is 0.341 e. The summed E-state index contributed by atoms with van der Waals surface area (Å²) in [6.07, 6.45) is 0.591. The Labute approximate surface area is 121 Å². The molecule has 20 heavy (non-hydrogen) atoms. The number of thiophene rings is 1. The van der Waals surface area contributed by atoms with Crippen LogP contribution in [0.2, 0.25) is 0 Å². The average Bonchev–Trinajstić information content (AvgIpc) is 2.64. The Hall–Kier alpha value is -1.60. The Bertz CT molecular complexity index is 551. The number of hydrogen-bond donors (Lipinski definition) is 2. The standard InChI is InChI=1S/C13H18N2O4S/c1-4-18-11(16)9-7-5-13(2,3)19-6-8(7)20-10(9)15-12(14)17/h4-6H2,1-3H3,(H3,14,15,17). The van der Waals surface area contributed by atoms with Crippen LogP contribution < -0.4 is 11.1 Å². The number of esters is 1. The molecule has 1 aromatic heterocycles. The van der Waals surface area contributed by atoms with E-state index in [4.69, 9.17) is 15.2 Å². The zero-order chi connectivity index (χ0) is 14.9. The molecule has 1 aliphatic heterocycles. The van der Waals surface area contributed by atoms with Gasteiger partial charge in [0.15, 0.2) is 0 Å². The Morgan fingerprint density at radius 2 is 2.20 bits per heavy atom. The van der Waals surface area contributed by atoms with Gasteiger partial charge in [0.2, 0.25) is 0 Å². The minimum Gasteiger partial charge on any atom is -0.462 e. The van der Waals surface area contributed by atoms with E-state index in [2.05, 4.69) is 5.32 Å². The molecule has 0 bridgehead atoms. The Morgan fingerprint density at radius 1 is 1.50 bits per heavy atom. The third-order valence-corrected chi connectivity index (χ3v) is 4.12. The van der Waals surface area contributed by atoms with E-state index in [1.165, 1.54) is 11.3 Å². The second-order valence-electron chi connectivity index (χ2n) is 5.14. The molecule has 1 aromatic rings. The lowest BCUT2D eigenvalue weighted by Crippen LogP contribution is -2.32. The first-order valence-corrected chi connectivity index (χ1v) is 7.18. The molecule has 1 aliphatic rings. The van der Waals surface area contributed by atoms with Gasteiger partial charge in [0.25, 0.3) is 0 Å². The molecule has 0 radical (unpaired) electrons. The number of carbonyl (C=O) groups excluding carboxylic acids is 2. The lowest BCUT2D eigenvalue weighted by Gasteiger charge is -2.30. The number of urea groups is 1. The maximum atomic E-state index is 12.1. The van der Waals surface area contributed by atoms with Gasteiger partial charge in [-0.05, 0) is 26.3 Å². The van der Waals surface area contributed by atoms with Gasteiger partial charge in [-0.1, -0.05) is 0 Å². The SMILES string of the molecule is CCOC(=O)c1c(NC(N)=O)sc2c1CC(C)(C)OC2. The molecule has 2 rings (SSSR count). The fraction of sp³-hybridized carbons (Fsp3) is 0.538. The zero-order valence-corrected chi connectivity index (χ0v) is 12.6. The lowest BCUT2D eigenvalue weighted by molar-refractivity contribution is -0.0384. The number of rotatable bonds is 3. The highest BCUT2D eigenvalue weighted by Gasteiger charge is 2.34. The molecular formula is C13H18N2O4S. The van der Waals surface area contributed by atoms with Crippen LogP contribution in [-0.2, 0) is 22.5 Å². The van der Waals surface area contributed by atoms with Gasteiger partial charge in [-0.25, -0.2) is 9.59 Å². The smallest absolute Gasteiger partial charge is 0.341 e. The predicted molar refractivity (Wildman–Crippen MR) is 76.1 cm³/mol. The van der Waals surface area contributed by atoms with Gasteiger partial charge < -0.3 is 15.2 Å². The minimum absolute atomic E-state index is 0.277. The molecular weight excluding hydrogens is 280 g/mol. The van der Waals surface area contributed by atoms with Crippen molar-refractivity contribution in [1.82, 2.24) is 0 Å². The van der Waals surface area contributed by atoms with E-state index in [0.29, 0.717) is 23.6 Å². The van der Waals surface area contributed by atoms with Crippen LogP contribution in [0.15, 0.2) is 0 Å². The van der Waals surface area contributed by atoms with E-state index in [1.807, 2.05) is 13.8 Å². The molecule has 2 amide bonds. The summed E-state index contributed by atoms with van der Waals surface area (Å²) in [7, 11) is 0. The summed E-state index contributed by atoms with van der Waals surface area (Å²) in [5.74, 6) is -0.438. The van der Waals surface area contributed by atoms with Gasteiger partial charge in [-0.15, -0.1) is 11.3 Å². The maximum absolute atomic E-state index is 12.1. The minimum atomic E-state index is -0.700. The van der Waals surface area contributed by atoms with Crippen LogP contribution in [0.1, 0.15) is 41.6 Å². The summed E-state index contributed by atoms with van der Waals surface area (Å²) in [6, 6.07) is -0.700. The monoisotopic (exact) mass is 298 g/mol. The van der Waals surface area contributed by atoms with Crippen molar-refractivity contribution in [2.45, 2.75) is 39.4 Å². The van der Waals surface area contributed by atoms with Crippen molar-refractivity contribution in [2.24, 2.45) is 5.73 Å². The van der Waals surface area contributed by atoms with Gasteiger partial charge in [0, 0.05) is 11.3 Å². The van der Waals surface area contributed by atoms with Crippen molar-refractivity contribution < 1.29 is 19.1 Å². The zero-order valence-electron chi connectivity index (χ0n) is 11.7. The van der Waals surface area contributed by atoms with Crippen molar-refractivity contribution in [2.75, 3.05) is 11.9 Å². The number of nitrogens with two attached hydrogens (primary N) is 1. The van der Waals surface area contributed by atoms with E-state index in [0.717, 1.165) is 10.4 Å². The second-order valence-corrected chi connectivity index (χ2v) is 6.25. The van der Waals surface area contributed by atoms with Crippen LogP contribution in [0.3, 0.4) is 0 Å². The number of hydrogen-bond acceptors (Lipinski definition) is 5. The quantitative estimate of drug-likeness (QED) is 0.837. The van der Waals surface area contributed by atoms with Crippen molar-refractivity contribution in [1.29, 1.82) is 0 Å². The Morgan fingerprint density at radius 3 is 2.80 bits per heavy atom. The first-order chi connectivity index (χ1) is 9.34. The molecule has 3 N–H and O–H groups in total. The number of carbonyl (C=O) groups is 2. The number of ether oxygens (including phenoxy) is 2. The van der Waals surface area contributed by atoms with Crippen LogP contribution in [0.4, 0.5) is 9.80 Å². The lowest BCUT2D eigenvalue weighted by atomic mass is 9.93. The molecule has 0 aromatic carbocycles. The largest absolute Gasteiger partial charge is 0.462 e. The highest BCUT2D eigenvalue weighted by atomic mass is 32.1. The molecule has 2 heterocycles. The average molecular weight is 298 g/mol. The number of primary amides is 1. The van der Waals surface area contributed by atoms with Crippen LogP contribution in [0.5, 0.6) is 0 Å². The van der Waals surface area contributed by atoms with Crippen molar-refractivity contribution >= 4 is 28.3 Å². The number of fused-ring (bicyclic) bond motifs is 1. The van der Waals surface area contributed by atoms with Gasteiger partial charge in [0.1, 0.15) is 5.00 Å². The van der Waals surface area contributed by atoms with Crippen LogP contribution in [0.25, 0.3) is 0 Å². The molecule has 0 saturated carbocycles. The van der Waals surface area contributed by atoms with Gasteiger partial charge >= 0.3 is 12.0 Å². The van der Waals surface area contributed by atoms with Crippen LogP contribution in [-0.4, -0.2) is 24.2 Å². The molecule has 110 valence electrons. The topological polar surface area (TPSA) is 90.6 Å². The van der Waals surface area contributed by atoms with Crippen molar-refractivity contribution in [3.63, 3.8) is 0 Å². The summed E-state index contributed by atoms with van der Waals surface area (Å²) in [5, 5.41) is 2.93. The van der Waals surface area contributed by atoms with Crippen molar-refractivity contribution in [3.05, 3.63) is 16.0 Å². The van der Waals surface area contributed by atoms with Gasteiger partial charge in [-0.2, -0.15) is 0 Å². The van der Waals surface area contributed by atoms with E-state index in [1.54, 1.807) is 6.92 Å². The van der Waals surface area contributed by atoms with E-state index in [9.17, 15) is 9.59 Å². The van der Waals surface area contributed by atoms with E-state index >= 15 is 0 Å². The molecule has 6 nitrogen and oxygen atoms in total. The molecule has 0 atom stereocenters. The summed E-state index contributed by atoms with van der Waals surface area (Å²) >= 11 is 1.31. The fourth-order valence-electron chi connectivity index (χ4n) is 2.17. The second kappa shape index (κ2) is 5.41. The van der Waals surface area contributed by atoms with Gasteiger partial charge in [0.05, 0.1) is 24.4 Å². The number of nitrogens with one attached hydrogen (secondary N) is 1. The summed E-state index contributed by atoms with van der Waals surface area (Å²) < 4.78 is 10.8. The fourth-order valence-corrected chi connectivity index (χ4v) is 3.29. The molecule has 0 saturated heterocycles. The van der Waals surface area contributed by atoms with E-state index < -0.39 is 12.0 Å². The first-order valence-electron chi connectivity index (χ1n) is 6.36. The Kier molecular flexibility index (Phi) is 4.01. The molecule has 0 fully saturated rings. The van der Waals surface area contributed by atoms with Crippen LogP contribution >= 0.6 is 11.3 Å². The normalized spacial score (nSPS) is 16.4. The van der Waals surface area contributed by atoms with Crippen molar-refractivity contribution in [3.8, 4) is 0 Å². The first kappa shape index (κ1) is 14.8. The molecule has 7 heteroatoms. The third kappa shape index (κ3) is 2.94. The van der Waals surface area contributed by atoms with Gasteiger partial charge in [-0.3, -0.25) is 5.32 Å². The predicted octanol–water partition coefficient (Wildman–Crippen LogP) is 2.27. The number of amides is 2. The third-order valence-electron chi connectivity index (χ3n) is 3.00. The highest BCUT2D eigenvalue weighted by molar-refractivity contribution is 7.17. The molecule has 0 spiro atoms.